The number of pyridine rings is 1. The first-order valence-corrected chi connectivity index (χ1v) is 10.4. The van der Waals surface area contributed by atoms with Gasteiger partial charge in [-0.25, -0.2) is 26.5 Å². The van der Waals surface area contributed by atoms with Gasteiger partial charge in [-0.2, -0.15) is 18.2 Å². The number of hydrogen-bond acceptors (Lipinski definition) is 4. The van der Waals surface area contributed by atoms with Crippen LogP contribution in [0.1, 0.15) is 27.7 Å². The van der Waals surface area contributed by atoms with E-state index in [1.165, 1.54) is 28.2 Å². The predicted molar refractivity (Wildman–Crippen MR) is 115 cm³/mol. The van der Waals surface area contributed by atoms with Gasteiger partial charge in [0.2, 0.25) is 5.95 Å². The fourth-order valence-electron chi connectivity index (χ4n) is 3.58. The molecule has 4 aromatic rings. The molecule has 2 aromatic heterocycles. The fourth-order valence-corrected chi connectivity index (χ4v) is 3.58. The number of carbonyl (C=O) groups excluding carboxylic acids is 1. The molecule has 2 heterocycles. The van der Waals surface area contributed by atoms with Crippen molar-refractivity contribution >= 4 is 17.5 Å². The molecule has 0 spiro atoms. The molecule has 1 atom stereocenters. The van der Waals surface area contributed by atoms with Gasteiger partial charge in [-0.1, -0.05) is 18.2 Å². The van der Waals surface area contributed by atoms with Gasteiger partial charge in [0.15, 0.2) is 11.8 Å². The summed E-state index contributed by atoms with van der Waals surface area (Å²) < 4.78 is 113. The summed E-state index contributed by atoms with van der Waals surface area (Å²) in [7, 11) is 0. The number of nitrogens with one attached hydrogen (secondary N) is 1. The maximum Gasteiger partial charge on any atom is 0.417 e. The lowest BCUT2D eigenvalue weighted by atomic mass is 9.97. The maximum absolute atomic E-state index is 15.4. The van der Waals surface area contributed by atoms with Crippen LogP contribution in [0.5, 0.6) is 0 Å². The Morgan fingerprint density at radius 1 is 1.03 bits per heavy atom. The molecule has 3 N–H and O–H groups in total. The Labute approximate surface area is 202 Å². The SMILES string of the molecule is Nc1nc2cc(-c3ccc(C(F)(F)F)c(C(=O)NCC(F)(F)C(F)c4ccc(F)cc4)c3F)ccn2n1. The van der Waals surface area contributed by atoms with Crippen molar-refractivity contribution in [3.05, 3.63) is 83.1 Å². The lowest BCUT2D eigenvalue weighted by molar-refractivity contribution is -0.138. The molecule has 0 aliphatic heterocycles. The van der Waals surface area contributed by atoms with E-state index in [9.17, 15) is 35.5 Å². The van der Waals surface area contributed by atoms with Gasteiger partial charge in [0.1, 0.15) is 11.6 Å². The minimum Gasteiger partial charge on any atom is -0.366 e. The van der Waals surface area contributed by atoms with Crippen LogP contribution in [0.3, 0.4) is 0 Å². The number of hydrogen-bond donors (Lipinski definition) is 2. The first-order chi connectivity index (χ1) is 17.3. The quantitative estimate of drug-likeness (QED) is 0.330. The van der Waals surface area contributed by atoms with Crippen molar-refractivity contribution in [2.24, 2.45) is 0 Å². The van der Waals surface area contributed by atoms with Gasteiger partial charge in [-0.3, -0.25) is 4.79 Å². The van der Waals surface area contributed by atoms with Gasteiger partial charge in [0, 0.05) is 11.8 Å². The topological polar surface area (TPSA) is 85.3 Å². The van der Waals surface area contributed by atoms with Crippen LogP contribution in [0.2, 0.25) is 0 Å². The largest absolute Gasteiger partial charge is 0.417 e. The summed E-state index contributed by atoms with van der Waals surface area (Å²) in [6, 6.07) is 6.66. The molecule has 1 amide bonds. The Bertz CT molecular complexity index is 1470. The van der Waals surface area contributed by atoms with Crippen molar-refractivity contribution in [1.82, 2.24) is 19.9 Å². The van der Waals surface area contributed by atoms with Crippen molar-refractivity contribution in [2.75, 3.05) is 12.3 Å². The summed E-state index contributed by atoms with van der Waals surface area (Å²) in [6.45, 7) is -1.77. The Morgan fingerprint density at radius 2 is 1.70 bits per heavy atom. The average Bonchev–Trinajstić information content (AvgIpc) is 3.21. The minimum absolute atomic E-state index is 0.00867. The molecular weight excluding hydrogens is 514 g/mol. The summed E-state index contributed by atoms with van der Waals surface area (Å²) in [5.74, 6) is -8.75. The average molecular weight is 529 g/mol. The lowest BCUT2D eigenvalue weighted by Crippen LogP contribution is -2.40. The van der Waals surface area contributed by atoms with Gasteiger partial charge in [-0.15, -0.1) is 5.10 Å². The van der Waals surface area contributed by atoms with Crippen molar-refractivity contribution in [3.8, 4) is 11.1 Å². The zero-order valence-corrected chi connectivity index (χ0v) is 18.3. The third-order valence-electron chi connectivity index (χ3n) is 5.36. The first-order valence-electron chi connectivity index (χ1n) is 10.4. The monoisotopic (exact) mass is 529 g/mol. The molecule has 0 aliphatic rings. The van der Waals surface area contributed by atoms with Gasteiger partial charge in [-0.05, 0) is 41.5 Å². The number of benzene rings is 2. The second-order valence-corrected chi connectivity index (χ2v) is 7.89. The zero-order chi connectivity index (χ0) is 27.1. The highest BCUT2D eigenvalue weighted by molar-refractivity contribution is 5.97. The van der Waals surface area contributed by atoms with E-state index >= 15 is 4.39 Å². The van der Waals surface area contributed by atoms with Crippen LogP contribution in [0.4, 0.5) is 41.1 Å². The second-order valence-electron chi connectivity index (χ2n) is 7.89. The highest BCUT2D eigenvalue weighted by Crippen LogP contribution is 2.38. The molecule has 14 heteroatoms. The van der Waals surface area contributed by atoms with E-state index in [1.54, 1.807) is 0 Å². The third-order valence-corrected chi connectivity index (χ3v) is 5.36. The summed E-state index contributed by atoms with van der Waals surface area (Å²) in [4.78, 5) is 16.4. The number of carbonyl (C=O) groups is 1. The molecule has 0 bridgehead atoms. The molecule has 0 saturated carbocycles. The van der Waals surface area contributed by atoms with E-state index in [4.69, 9.17) is 5.73 Å². The molecule has 0 saturated heterocycles. The summed E-state index contributed by atoms with van der Waals surface area (Å²) in [5.41, 5.74) is 1.21. The van der Waals surface area contributed by atoms with Crippen molar-refractivity contribution in [2.45, 2.75) is 18.3 Å². The molecular formula is C23H15F8N5O. The van der Waals surface area contributed by atoms with E-state index in [1.807, 2.05) is 0 Å². The summed E-state index contributed by atoms with van der Waals surface area (Å²) in [6.07, 6.45) is -6.96. The van der Waals surface area contributed by atoms with Crippen LogP contribution in [0.25, 0.3) is 16.8 Å². The summed E-state index contributed by atoms with van der Waals surface area (Å²) >= 11 is 0. The number of nitrogens with two attached hydrogens (primary N) is 1. The number of rotatable bonds is 6. The van der Waals surface area contributed by atoms with Gasteiger partial charge in [0.05, 0.1) is 17.7 Å². The summed E-state index contributed by atoms with van der Waals surface area (Å²) in [5, 5.41) is 5.29. The van der Waals surface area contributed by atoms with E-state index in [0.717, 1.165) is 30.3 Å². The first kappa shape index (κ1) is 25.9. The van der Waals surface area contributed by atoms with Crippen LogP contribution in [0.15, 0.2) is 54.7 Å². The maximum atomic E-state index is 15.4. The van der Waals surface area contributed by atoms with Gasteiger partial charge >= 0.3 is 6.18 Å². The van der Waals surface area contributed by atoms with E-state index < -0.39 is 64.6 Å². The van der Waals surface area contributed by atoms with Crippen molar-refractivity contribution in [3.63, 3.8) is 0 Å². The normalized spacial score (nSPS) is 13.1. The Kier molecular flexibility index (Phi) is 6.52. The molecule has 1 unspecified atom stereocenters. The molecule has 37 heavy (non-hydrogen) atoms. The number of amides is 1. The zero-order valence-electron chi connectivity index (χ0n) is 18.3. The Hall–Kier alpha value is -4.23. The van der Waals surface area contributed by atoms with Crippen LogP contribution in [-0.2, 0) is 6.18 Å². The number of halogens is 8. The third kappa shape index (κ3) is 5.17. The molecule has 194 valence electrons. The number of anilines is 1. The predicted octanol–water partition coefficient (Wildman–Crippen LogP) is 5.35. The standard InChI is InChI=1S/C23H15F8N5O/c24-13-3-1-11(2-4-13)19(26)22(27,28)10-33-20(37)17-15(23(29,30)31)6-5-14(18(17)25)12-7-8-36-16(9-12)34-21(32)35-36/h1-9,19H,10H2,(H2,32,35)(H,33,37). The molecule has 4 rings (SSSR count). The molecule has 0 aliphatic carbocycles. The number of alkyl halides is 6. The van der Waals surface area contributed by atoms with Crippen molar-refractivity contribution in [1.29, 1.82) is 0 Å². The Balaban J connectivity index is 1.67. The molecule has 6 nitrogen and oxygen atoms in total. The highest BCUT2D eigenvalue weighted by atomic mass is 19.4. The number of fused-ring (bicyclic) bond motifs is 1. The molecule has 0 fully saturated rings. The lowest BCUT2D eigenvalue weighted by Gasteiger charge is -2.22. The van der Waals surface area contributed by atoms with Crippen LogP contribution in [-0.4, -0.2) is 33.0 Å². The fraction of sp³-hybridized carbons (Fsp3) is 0.174. The Morgan fingerprint density at radius 3 is 2.35 bits per heavy atom. The van der Waals surface area contributed by atoms with Crippen LogP contribution >= 0.6 is 0 Å². The van der Waals surface area contributed by atoms with E-state index in [2.05, 4.69) is 10.1 Å². The second kappa shape index (κ2) is 9.33. The number of aromatic nitrogens is 3. The molecule has 0 radical (unpaired) electrons. The minimum atomic E-state index is -5.23. The van der Waals surface area contributed by atoms with Gasteiger partial charge < -0.3 is 11.1 Å². The van der Waals surface area contributed by atoms with Crippen LogP contribution in [0, 0.1) is 11.6 Å². The van der Waals surface area contributed by atoms with Gasteiger partial charge in [0.25, 0.3) is 11.8 Å². The number of nitrogens with zero attached hydrogens (tertiary/aromatic N) is 3. The van der Waals surface area contributed by atoms with Crippen molar-refractivity contribution < 1.29 is 39.9 Å². The highest BCUT2D eigenvalue weighted by Gasteiger charge is 2.43. The van der Waals surface area contributed by atoms with E-state index in [0.29, 0.717) is 6.07 Å². The van der Waals surface area contributed by atoms with E-state index in [-0.39, 0.29) is 17.2 Å². The number of nitrogen functional groups attached to an aromatic ring is 1. The molecule has 2 aromatic carbocycles. The smallest absolute Gasteiger partial charge is 0.366 e. The van der Waals surface area contributed by atoms with Crippen LogP contribution < -0.4 is 11.1 Å².